The number of carbonyl (C=O) groups is 1. The van der Waals surface area contributed by atoms with Gasteiger partial charge in [-0.05, 0) is 62.1 Å². The number of fused-ring (bicyclic) bond motifs is 1. The number of nitrogens with zero attached hydrogens (tertiary/aromatic N) is 1. The summed E-state index contributed by atoms with van der Waals surface area (Å²) in [6, 6.07) is 12.4. The minimum absolute atomic E-state index is 0.0796. The van der Waals surface area contributed by atoms with Gasteiger partial charge in [-0.15, -0.1) is 0 Å². The van der Waals surface area contributed by atoms with Gasteiger partial charge in [0.05, 0.1) is 4.90 Å². The average molecular weight is 414 g/mol. The number of rotatable bonds is 4. The van der Waals surface area contributed by atoms with Crippen LogP contribution in [0, 0.1) is 6.92 Å². The molecule has 0 radical (unpaired) electrons. The highest BCUT2D eigenvalue weighted by atomic mass is 32.2. The quantitative estimate of drug-likeness (QED) is 0.788. The molecule has 1 heterocycles. The van der Waals surface area contributed by atoms with Crippen LogP contribution in [0.15, 0.2) is 47.4 Å². The average Bonchev–Trinajstić information content (AvgIpc) is 3.14. The van der Waals surface area contributed by atoms with Gasteiger partial charge in [-0.1, -0.05) is 37.0 Å². The van der Waals surface area contributed by atoms with E-state index in [0.717, 1.165) is 42.5 Å². The van der Waals surface area contributed by atoms with Crippen LogP contribution in [0.3, 0.4) is 0 Å². The zero-order valence-corrected chi connectivity index (χ0v) is 17.5. The first-order chi connectivity index (χ1) is 13.9. The fourth-order valence-corrected chi connectivity index (χ4v) is 5.20. The second kappa shape index (κ2) is 8.06. The van der Waals surface area contributed by atoms with E-state index in [1.165, 1.54) is 6.42 Å². The molecule has 0 aromatic heterocycles. The summed E-state index contributed by atoms with van der Waals surface area (Å²) in [6.07, 6.45) is 6.30. The summed E-state index contributed by atoms with van der Waals surface area (Å²) in [5.74, 6) is 0. The Labute approximate surface area is 172 Å². The van der Waals surface area contributed by atoms with E-state index in [2.05, 4.69) is 10.0 Å². The zero-order valence-electron chi connectivity index (χ0n) is 16.6. The number of hydrogen-bond acceptors (Lipinski definition) is 3. The first-order valence-electron chi connectivity index (χ1n) is 10.2. The molecule has 0 atom stereocenters. The Morgan fingerprint density at radius 2 is 1.76 bits per heavy atom. The molecule has 2 aromatic rings. The van der Waals surface area contributed by atoms with Crippen LogP contribution in [0.4, 0.5) is 16.2 Å². The highest BCUT2D eigenvalue weighted by Gasteiger charge is 2.28. The molecule has 0 spiro atoms. The van der Waals surface area contributed by atoms with Crippen molar-refractivity contribution in [1.29, 1.82) is 0 Å². The molecule has 1 fully saturated rings. The Bertz CT molecular complexity index is 996. The van der Waals surface area contributed by atoms with Crippen LogP contribution in [0.1, 0.15) is 43.2 Å². The maximum absolute atomic E-state index is 12.8. The lowest BCUT2D eigenvalue weighted by Gasteiger charge is -2.26. The summed E-state index contributed by atoms with van der Waals surface area (Å²) in [5, 5.41) is 3.14. The third kappa shape index (κ3) is 4.40. The van der Waals surface area contributed by atoms with Crippen molar-refractivity contribution in [3.63, 3.8) is 0 Å². The van der Waals surface area contributed by atoms with Crippen LogP contribution in [-0.4, -0.2) is 27.0 Å². The first-order valence-corrected chi connectivity index (χ1v) is 11.7. The first kappa shape index (κ1) is 19.8. The van der Waals surface area contributed by atoms with Crippen molar-refractivity contribution in [1.82, 2.24) is 5.32 Å². The van der Waals surface area contributed by atoms with Gasteiger partial charge in [0.1, 0.15) is 0 Å². The van der Waals surface area contributed by atoms with Gasteiger partial charge in [-0.2, -0.15) is 0 Å². The molecule has 1 saturated carbocycles. The summed E-state index contributed by atoms with van der Waals surface area (Å²) < 4.78 is 28.1. The lowest BCUT2D eigenvalue weighted by atomic mass is 9.96. The Kier molecular flexibility index (Phi) is 5.50. The van der Waals surface area contributed by atoms with Crippen molar-refractivity contribution in [3.8, 4) is 0 Å². The standard InChI is InChI=1S/C22H27N3O3S/c1-16-7-9-19(10-8-16)24-29(27,28)20-11-12-21-17(15-20)13-14-25(21)22(26)23-18-5-3-2-4-6-18/h7-12,15,18,24H,2-6,13-14H2,1H3,(H,23,26). The third-order valence-corrected chi connectivity index (χ3v) is 7.12. The largest absolute Gasteiger partial charge is 0.335 e. The van der Waals surface area contributed by atoms with E-state index in [9.17, 15) is 13.2 Å². The van der Waals surface area contributed by atoms with E-state index in [0.29, 0.717) is 18.7 Å². The van der Waals surface area contributed by atoms with E-state index in [1.54, 1.807) is 35.2 Å². The number of sulfonamides is 1. The van der Waals surface area contributed by atoms with E-state index in [-0.39, 0.29) is 17.0 Å². The van der Waals surface area contributed by atoms with Crippen LogP contribution >= 0.6 is 0 Å². The number of benzene rings is 2. The molecule has 2 N–H and O–H groups in total. The smallest absolute Gasteiger partial charge is 0.322 e. The van der Waals surface area contributed by atoms with E-state index < -0.39 is 10.0 Å². The topological polar surface area (TPSA) is 78.5 Å². The van der Waals surface area contributed by atoms with Crippen molar-refractivity contribution in [2.75, 3.05) is 16.2 Å². The van der Waals surface area contributed by atoms with Crippen molar-refractivity contribution >= 4 is 27.4 Å². The predicted octanol–water partition coefficient (Wildman–Crippen LogP) is 4.20. The molecule has 2 aliphatic rings. The molecule has 7 heteroatoms. The molecule has 1 aliphatic heterocycles. The van der Waals surface area contributed by atoms with Crippen molar-refractivity contribution in [2.24, 2.45) is 0 Å². The summed E-state index contributed by atoms with van der Waals surface area (Å²) in [5.41, 5.74) is 3.28. The maximum Gasteiger partial charge on any atom is 0.322 e. The highest BCUT2D eigenvalue weighted by molar-refractivity contribution is 7.92. The molecule has 0 bridgehead atoms. The Morgan fingerprint density at radius 1 is 1.03 bits per heavy atom. The summed E-state index contributed by atoms with van der Waals surface area (Å²) >= 11 is 0. The number of anilines is 2. The van der Waals surface area contributed by atoms with Crippen LogP contribution in [0.2, 0.25) is 0 Å². The molecule has 4 rings (SSSR count). The van der Waals surface area contributed by atoms with Crippen LogP contribution in [-0.2, 0) is 16.4 Å². The fourth-order valence-electron chi connectivity index (χ4n) is 4.09. The lowest BCUT2D eigenvalue weighted by Crippen LogP contribution is -2.45. The van der Waals surface area contributed by atoms with Gasteiger partial charge in [0.15, 0.2) is 0 Å². The number of nitrogens with one attached hydrogen (secondary N) is 2. The summed E-state index contributed by atoms with van der Waals surface area (Å²) in [4.78, 5) is 14.7. The normalized spacial score (nSPS) is 17.1. The van der Waals surface area contributed by atoms with Crippen molar-refractivity contribution in [2.45, 2.75) is 56.4 Å². The zero-order chi connectivity index (χ0) is 20.4. The second-order valence-corrected chi connectivity index (χ2v) is 9.63. The fraction of sp³-hybridized carbons (Fsp3) is 0.409. The van der Waals surface area contributed by atoms with Gasteiger partial charge < -0.3 is 5.32 Å². The number of hydrogen-bond donors (Lipinski definition) is 2. The highest BCUT2D eigenvalue weighted by Crippen LogP contribution is 2.31. The van der Waals surface area contributed by atoms with Crippen LogP contribution < -0.4 is 14.9 Å². The molecular formula is C22H27N3O3S. The van der Waals surface area contributed by atoms with Crippen molar-refractivity contribution < 1.29 is 13.2 Å². The Balaban J connectivity index is 1.48. The SMILES string of the molecule is Cc1ccc(NS(=O)(=O)c2ccc3c(c2)CCN3C(=O)NC2CCCCC2)cc1. The van der Waals surface area contributed by atoms with Crippen molar-refractivity contribution in [3.05, 3.63) is 53.6 Å². The number of amides is 2. The van der Waals surface area contributed by atoms with E-state index in [4.69, 9.17) is 0 Å². The van der Waals surface area contributed by atoms with Crippen LogP contribution in [0.5, 0.6) is 0 Å². The number of aryl methyl sites for hydroxylation is 1. The monoisotopic (exact) mass is 413 g/mol. The predicted molar refractivity (Wildman–Crippen MR) is 115 cm³/mol. The molecular weight excluding hydrogens is 386 g/mol. The van der Waals surface area contributed by atoms with Gasteiger partial charge >= 0.3 is 6.03 Å². The molecule has 0 unspecified atom stereocenters. The van der Waals surface area contributed by atoms with Crippen LogP contribution in [0.25, 0.3) is 0 Å². The molecule has 1 aliphatic carbocycles. The molecule has 0 saturated heterocycles. The minimum Gasteiger partial charge on any atom is -0.335 e. The molecule has 154 valence electrons. The number of carbonyl (C=O) groups excluding carboxylic acids is 1. The third-order valence-electron chi connectivity index (χ3n) is 5.74. The van der Waals surface area contributed by atoms with Gasteiger partial charge in [-0.25, -0.2) is 13.2 Å². The number of urea groups is 1. The molecule has 2 aromatic carbocycles. The van der Waals surface area contributed by atoms with Gasteiger partial charge in [0, 0.05) is 24.0 Å². The molecule has 2 amide bonds. The maximum atomic E-state index is 12.8. The minimum atomic E-state index is -3.68. The van der Waals surface area contributed by atoms with Gasteiger partial charge in [0.25, 0.3) is 10.0 Å². The van der Waals surface area contributed by atoms with E-state index >= 15 is 0 Å². The molecule has 29 heavy (non-hydrogen) atoms. The summed E-state index contributed by atoms with van der Waals surface area (Å²) in [7, 11) is -3.68. The Hall–Kier alpha value is -2.54. The second-order valence-electron chi connectivity index (χ2n) is 7.95. The summed E-state index contributed by atoms with van der Waals surface area (Å²) in [6.45, 7) is 2.53. The molecule has 6 nitrogen and oxygen atoms in total. The lowest BCUT2D eigenvalue weighted by molar-refractivity contribution is 0.238. The van der Waals surface area contributed by atoms with Gasteiger partial charge in [-0.3, -0.25) is 9.62 Å². The van der Waals surface area contributed by atoms with E-state index in [1.807, 2.05) is 19.1 Å². The van der Waals surface area contributed by atoms with Gasteiger partial charge in [0.2, 0.25) is 0 Å². The Morgan fingerprint density at radius 3 is 2.48 bits per heavy atom.